The number of hydrogen-bond donors (Lipinski definition) is 1. The van der Waals surface area contributed by atoms with Gasteiger partial charge in [-0.05, 0) is 36.6 Å². The van der Waals surface area contributed by atoms with Crippen LogP contribution in [-0.4, -0.2) is 22.1 Å². The van der Waals surface area contributed by atoms with Crippen molar-refractivity contribution in [2.45, 2.75) is 26.8 Å². The highest BCUT2D eigenvalue weighted by atomic mass is 16.2. The fourth-order valence-electron chi connectivity index (χ4n) is 2.74. The van der Waals surface area contributed by atoms with Crippen LogP contribution in [0.3, 0.4) is 0 Å². The molecule has 0 bridgehead atoms. The zero-order chi connectivity index (χ0) is 18.0. The molecular formula is C21H22N2O2. The monoisotopic (exact) mass is 334 g/mol. The van der Waals surface area contributed by atoms with Crippen molar-refractivity contribution in [2.75, 3.05) is 0 Å². The first-order chi connectivity index (χ1) is 12.0. The van der Waals surface area contributed by atoms with Gasteiger partial charge in [0.15, 0.2) is 0 Å². The fraction of sp³-hybridized carbons (Fsp3) is 0.238. The van der Waals surface area contributed by atoms with Crippen LogP contribution >= 0.6 is 0 Å². The van der Waals surface area contributed by atoms with Crippen molar-refractivity contribution in [3.05, 3.63) is 66.5 Å². The van der Waals surface area contributed by atoms with Gasteiger partial charge in [-0.1, -0.05) is 50.2 Å². The second kappa shape index (κ2) is 6.93. The number of ketones is 1. The Labute approximate surface area is 147 Å². The number of pyridine rings is 1. The van der Waals surface area contributed by atoms with Crippen LogP contribution in [0.2, 0.25) is 0 Å². The van der Waals surface area contributed by atoms with Crippen LogP contribution in [0.25, 0.3) is 16.6 Å². The van der Waals surface area contributed by atoms with Gasteiger partial charge >= 0.3 is 0 Å². The topological polar surface area (TPSA) is 50.6 Å². The molecule has 1 amide bonds. The quantitative estimate of drug-likeness (QED) is 0.567. The lowest BCUT2D eigenvalue weighted by Gasteiger charge is -2.17. The van der Waals surface area contributed by atoms with Crippen molar-refractivity contribution in [1.29, 1.82) is 0 Å². The van der Waals surface area contributed by atoms with Crippen molar-refractivity contribution in [3.8, 4) is 11.1 Å². The van der Waals surface area contributed by atoms with E-state index in [2.05, 4.69) is 5.32 Å². The summed E-state index contributed by atoms with van der Waals surface area (Å²) in [5.74, 6) is -0.825. The van der Waals surface area contributed by atoms with Gasteiger partial charge in [-0.3, -0.25) is 9.59 Å². The maximum Gasteiger partial charge on any atom is 0.294 e. The number of nitrogens with zero attached hydrogens (tertiary/aromatic N) is 1. The van der Waals surface area contributed by atoms with E-state index in [9.17, 15) is 9.59 Å². The van der Waals surface area contributed by atoms with Crippen LogP contribution in [0.4, 0.5) is 0 Å². The smallest absolute Gasteiger partial charge is 0.294 e. The normalized spacial score (nSPS) is 12.3. The third-order valence-electron chi connectivity index (χ3n) is 4.54. The minimum absolute atomic E-state index is 0.0668. The number of aromatic nitrogens is 1. The number of fused-ring (bicyclic) bond motifs is 1. The Balaban J connectivity index is 2.08. The van der Waals surface area contributed by atoms with Gasteiger partial charge < -0.3 is 9.72 Å². The molecule has 3 aromatic rings. The lowest BCUT2D eigenvalue weighted by atomic mass is 10.0. The number of benzene rings is 1. The number of hydrogen-bond acceptors (Lipinski definition) is 2. The summed E-state index contributed by atoms with van der Waals surface area (Å²) in [6.45, 7) is 5.93. The molecule has 128 valence electrons. The lowest BCUT2D eigenvalue weighted by Crippen LogP contribution is -2.40. The van der Waals surface area contributed by atoms with E-state index in [1.807, 2.05) is 81.6 Å². The average Bonchev–Trinajstić information content (AvgIpc) is 3.01. The van der Waals surface area contributed by atoms with E-state index in [1.54, 1.807) is 4.40 Å². The largest absolute Gasteiger partial charge is 0.346 e. The summed E-state index contributed by atoms with van der Waals surface area (Å²) in [7, 11) is 0. The maximum absolute atomic E-state index is 12.9. The Morgan fingerprint density at radius 1 is 0.960 bits per heavy atom. The Kier molecular flexibility index (Phi) is 4.70. The summed E-state index contributed by atoms with van der Waals surface area (Å²) in [5, 5.41) is 2.81. The van der Waals surface area contributed by atoms with Gasteiger partial charge in [0, 0.05) is 23.3 Å². The van der Waals surface area contributed by atoms with Gasteiger partial charge in [-0.25, -0.2) is 0 Å². The minimum atomic E-state index is -0.567. The molecule has 3 rings (SSSR count). The summed E-state index contributed by atoms with van der Waals surface area (Å²) < 4.78 is 1.78. The van der Waals surface area contributed by atoms with E-state index in [1.165, 1.54) is 0 Å². The molecule has 4 heteroatoms. The van der Waals surface area contributed by atoms with Crippen LogP contribution in [0.15, 0.2) is 60.8 Å². The van der Waals surface area contributed by atoms with Crippen LogP contribution in [0, 0.1) is 5.92 Å². The number of carbonyl (C=O) groups excluding carboxylic acids is 2. The van der Waals surface area contributed by atoms with Crippen molar-refractivity contribution >= 4 is 17.2 Å². The highest BCUT2D eigenvalue weighted by molar-refractivity contribution is 6.43. The molecule has 25 heavy (non-hydrogen) atoms. The zero-order valence-corrected chi connectivity index (χ0v) is 14.7. The summed E-state index contributed by atoms with van der Waals surface area (Å²) in [4.78, 5) is 25.4. The third kappa shape index (κ3) is 3.33. The Bertz CT molecular complexity index is 910. The lowest BCUT2D eigenvalue weighted by molar-refractivity contribution is -0.117. The van der Waals surface area contributed by atoms with Crippen LogP contribution in [0.1, 0.15) is 31.3 Å². The van der Waals surface area contributed by atoms with Crippen LogP contribution in [0.5, 0.6) is 0 Å². The second-order valence-corrected chi connectivity index (χ2v) is 6.60. The highest BCUT2D eigenvalue weighted by Crippen LogP contribution is 2.28. The first-order valence-electron chi connectivity index (χ1n) is 8.49. The Morgan fingerprint density at radius 2 is 1.64 bits per heavy atom. The van der Waals surface area contributed by atoms with Gasteiger partial charge in [0.05, 0.1) is 0 Å². The van der Waals surface area contributed by atoms with Gasteiger partial charge in [-0.15, -0.1) is 0 Å². The number of rotatable bonds is 5. The van der Waals surface area contributed by atoms with Crippen molar-refractivity contribution in [2.24, 2.45) is 5.92 Å². The molecule has 1 unspecified atom stereocenters. The molecule has 0 saturated heterocycles. The molecule has 0 radical (unpaired) electrons. The third-order valence-corrected chi connectivity index (χ3v) is 4.54. The Hall–Kier alpha value is -2.88. The van der Waals surface area contributed by atoms with E-state index in [0.29, 0.717) is 5.69 Å². The molecule has 1 N–H and O–H groups in total. The molecule has 2 heterocycles. The van der Waals surface area contributed by atoms with Crippen molar-refractivity contribution in [1.82, 2.24) is 9.72 Å². The molecule has 1 atom stereocenters. The Morgan fingerprint density at radius 3 is 2.32 bits per heavy atom. The molecule has 0 fully saturated rings. The van der Waals surface area contributed by atoms with E-state index < -0.39 is 11.7 Å². The zero-order valence-electron chi connectivity index (χ0n) is 14.7. The summed E-state index contributed by atoms with van der Waals surface area (Å²) in [6.07, 6.45) is 1.81. The number of amides is 1. The standard InChI is InChI=1S/C21H22N2O2/c1-14(2)15(3)22-21(25)20(24)19-18(16-9-5-4-6-10-16)13-17-11-7-8-12-23(17)19/h4-15H,1-3H3,(H,22,25). The molecule has 0 aliphatic rings. The van der Waals surface area contributed by atoms with Gasteiger partial charge in [0.25, 0.3) is 11.7 Å². The van der Waals surface area contributed by atoms with E-state index in [0.717, 1.165) is 16.6 Å². The predicted molar refractivity (Wildman–Crippen MR) is 99.6 cm³/mol. The molecule has 2 aromatic heterocycles. The molecule has 1 aromatic carbocycles. The molecule has 0 aliphatic carbocycles. The first-order valence-corrected chi connectivity index (χ1v) is 8.49. The summed E-state index contributed by atoms with van der Waals surface area (Å²) >= 11 is 0. The minimum Gasteiger partial charge on any atom is -0.346 e. The van der Waals surface area contributed by atoms with Crippen molar-refractivity contribution < 1.29 is 9.59 Å². The van der Waals surface area contributed by atoms with Crippen molar-refractivity contribution in [3.63, 3.8) is 0 Å². The number of nitrogens with one attached hydrogen (secondary N) is 1. The van der Waals surface area contributed by atoms with E-state index in [4.69, 9.17) is 0 Å². The summed E-state index contributed by atoms with van der Waals surface area (Å²) in [5.41, 5.74) is 2.97. The molecule has 0 spiro atoms. The molecule has 0 saturated carbocycles. The number of Topliss-reactive ketones (excluding diaryl/α,β-unsaturated/α-hetero) is 1. The maximum atomic E-state index is 12.9. The van der Waals surface area contributed by atoms with Gasteiger partial charge in [0.1, 0.15) is 5.69 Å². The highest BCUT2D eigenvalue weighted by Gasteiger charge is 2.26. The van der Waals surface area contributed by atoms with Crippen LogP contribution in [-0.2, 0) is 4.79 Å². The van der Waals surface area contributed by atoms with Gasteiger partial charge in [0.2, 0.25) is 0 Å². The predicted octanol–water partition coefficient (Wildman–Crippen LogP) is 3.95. The molecule has 0 aliphatic heterocycles. The van der Waals surface area contributed by atoms with E-state index in [-0.39, 0.29) is 12.0 Å². The number of carbonyl (C=O) groups is 2. The fourth-order valence-corrected chi connectivity index (χ4v) is 2.74. The molecular weight excluding hydrogens is 312 g/mol. The first kappa shape index (κ1) is 17.0. The van der Waals surface area contributed by atoms with Crippen LogP contribution < -0.4 is 5.32 Å². The second-order valence-electron chi connectivity index (χ2n) is 6.60. The molecule has 4 nitrogen and oxygen atoms in total. The SMILES string of the molecule is CC(C)C(C)NC(=O)C(=O)c1c(-c2ccccc2)cc2ccccn12. The van der Waals surface area contributed by atoms with E-state index >= 15 is 0 Å². The average molecular weight is 334 g/mol. The summed E-state index contributed by atoms with van der Waals surface area (Å²) in [6, 6.07) is 17.2. The van der Waals surface area contributed by atoms with Gasteiger partial charge in [-0.2, -0.15) is 0 Å².